The highest BCUT2D eigenvalue weighted by Crippen LogP contribution is 2.67. The number of amides is 1. The van der Waals surface area contributed by atoms with E-state index in [9.17, 15) is 9.90 Å². The molecule has 1 saturated carbocycles. The van der Waals surface area contributed by atoms with Crippen molar-refractivity contribution in [3.05, 3.63) is 0 Å². The molecule has 0 unspecified atom stereocenters. The van der Waals surface area contributed by atoms with Crippen LogP contribution in [0.15, 0.2) is 0 Å². The molecule has 1 aliphatic carbocycles. The first-order valence-corrected chi connectivity index (χ1v) is 5.80. The lowest BCUT2D eigenvalue weighted by Gasteiger charge is -2.26. The third kappa shape index (κ3) is 1.69. The normalized spacial score (nSPS) is 37.2. The van der Waals surface area contributed by atoms with E-state index in [2.05, 4.69) is 6.92 Å². The number of aliphatic hydroxyl groups is 1. The fourth-order valence-corrected chi connectivity index (χ4v) is 2.77. The Kier molecular flexibility index (Phi) is 2.29. The van der Waals surface area contributed by atoms with Crippen molar-refractivity contribution in [2.45, 2.75) is 39.7 Å². The molecule has 92 valence electrons. The fraction of sp³-hybridized carbons (Fsp3) is 0.917. The number of likely N-dealkylation sites (tertiary alicyclic amines) is 1. The van der Waals surface area contributed by atoms with Crippen LogP contribution in [0.2, 0.25) is 0 Å². The number of hydrogen-bond acceptors (Lipinski definition) is 3. The van der Waals surface area contributed by atoms with Gasteiger partial charge in [0, 0.05) is 18.5 Å². The molecule has 0 aromatic rings. The quantitative estimate of drug-likeness (QED) is 0.740. The summed E-state index contributed by atoms with van der Waals surface area (Å²) in [5.74, 6) is 0. The summed E-state index contributed by atoms with van der Waals surface area (Å²) in [7, 11) is 0. The zero-order chi connectivity index (χ0) is 12.2. The molecule has 2 fully saturated rings. The standard InChI is InChI=1S/C12H21NO3/c1-10(2,3)16-9(15)13-6-11(4)5-12(11,7-13)8-14/h14H,5-8H2,1-4H3/t11-,12+/m1/s1. The molecule has 1 N–H and O–H groups in total. The van der Waals surface area contributed by atoms with E-state index in [0.717, 1.165) is 6.42 Å². The second kappa shape index (κ2) is 3.13. The summed E-state index contributed by atoms with van der Waals surface area (Å²) >= 11 is 0. The van der Waals surface area contributed by atoms with E-state index in [4.69, 9.17) is 4.74 Å². The van der Waals surface area contributed by atoms with Gasteiger partial charge in [-0.2, -0.15) is 0 Å². The topological polar surface area (TPSA) is 49.8 Å². The highest BCUT2D eigenvalue weighted by atomic mass is 16.6. The van der Waals surface area contributed by atoms with Gasteiger partial charge in [0.05, 0.1) is 6.61 Å². The van der Waals surface area contributed by atoms with Crippen molar-refractivity contribution in [3.8, 4) is 0 Å². The summed E-state index contributed by atoms with van der Waals surface area (Å²) in [6, 6.07) is 0. The molecule has 1 saturated heterocycles. The second-order valence-corrected chi connectivity index (χ2v) is 6.51. The lowest BCUT2D eigenvalue weighted by atomic mass is 10.00. The van der Waals surface area contributed by atoms with Crippen molar-refractivity contribution in [1.82, 2.24) is 4.90 Å². The Labute approximate surface area is 96.6 Å². The minimum atomic E-state index is -0.447. The number of rotatable bonds is 1. The van der Waals surface area contributed by atoms with Crippen molar-refractivity contribution in [1.29, 1.82) is 0 Å². The maximum atomic E-state index is 11.8. The summed E-state index contributed by atoms with van der Waals surface area (Å²) in [5.41, 5.74) is -0.389. The lowest BCUT2D eigenvalue weighted by Crippen LogP contribution is -2.37. The monoisotopic (exact) mass is 227 g/mol. The van der Waals surface area contributed by atoms with E-state index < -0.39 is 5.60 Å². The van der Waals surface area contributed by atoms with E-state index in [1.807, 2.05) is 20.8 Å². The highest BCUT2D eigenvalue weighted by Gasteiger charge is 2.69. The summed E-state index contributed by atoms with van der Waals surface area (Å²) < 4.78 is 5.33. The molecule has 0 bridgehead atoms. The van der Waals surface area contributed by atoms with Crippen LogP contribution >= 0.6 is 0 Å². The summed E-state index contributed by atoms with van der Waals surface area (Å²) in [4.78, 5) is 13.6. The predicted octanol–water partition coefficient (Wildman–Crippen LogP) is 1.63. The molecule has 4 nitrogen and oxygen atoms in total. The molecule has 0 aromatic carbocycles. The van der Waals surface area contributed by atoms with Crippen LogP contribution in [0, 0.1) is 10.8 Å². The van der Waals surface area contributed by atoms with Gasteiger partial charge in [-0.15, -0.1) is 0 Å². The molecule has 1 aliphatic heterocycles. The van der Waals surface area contributed by atoms with Gasteiger partial charge < -0.3 is 14.7 Å². The SMILES string of the molecule is CC(C)(C)OC(=O)N1C[C@@]2(C)C[C@@]2(CO)C1. The average Bonchev–Trinajstić information content (AvgIpc) is 2.58. The van der Waals surface area contributed by atoms with Crippen LogP contribution in [-0.4, -0.2) is 41.4 Å². The zero-order valence-corrected chi connectivity index (χ0v) is 10.5. The minimum absolute atomic E-state index is 0.0517. The largest absolute Gasteiger partial charge is 0.444 e. The van der Waals surface area contributed by atoms with E-state index in [1.54, 1.807) is 4.90 Å². The Morgan fingerprint density at radius 1 is 1.44 bits per heavy atom. The van der Waals surface area contributed by atoms with E-state index in [1.165, 1.54) is 0 Å². The molecule has 2 aliphatic rings. The van der Waals surface area contributed by atoms with Crippen molar-refractivity contribution < 1.29 is 14.6 Å². The van der Waals surface area contributed by atoms with Crippen molar-refractivity contribution in [3.63, 3.8) is 0 Å². The Morgan fingerprint density at radius 3 is 2.50 bits per heavy atom. The zero-order valence-electron chi connectivity index (χ0n) is 10.5. The molecule has 1 heterocycles. The van der Waals surface area contributed by atoms with Crippen LogP contribution in [0.5, 0.6) is 0 Å². The van der Waals surface area contributed by atoms with Crippen LogP contribution in [0.1, 0.15) is 34.1 Å². The summed E-state index contributed by atoms with van der Waals surface area (Å²) in [6.45, 7) is 9.25. The van der Waals surface area contributed by atoms with Crippen molar-refractivity contribution in [2.24, 2.45) is 10.8 Å². The number of piperidine rings is 1. The van der Waals surface area contributed by atoms with E-state index in [-0.39, 0.29) is 23.5 Å². The van der Waals surface area contributed by atoms with Crippen LogP contribution in [0.3, 0.4) is 0 Å². The molecule has 2 atom stereocenters. The maximum absolute atomic E-state index is 11.8. The number of aliphatic hydroxyl groups excluding tert-OH is 1. The first kappa shape index (κ1) is 11.7. The van der Waals surface area contributed by atoms with Gasteiger partial charge in [0.15, 0.2) is 0 Å². The van der Waals surface area contributed by atoms with Gasteiger partial charge in [0.25, 0.3) is 0 Å². The molecule has 16 heavy (non-hydrogen) atoms. The summed E-state index contributed by atoms with van der Waals surface area (Å²) in [6.07, 6.45) is 0.768. The molecule has 1 amide bonds. The van der Waals surface area contributed by atoms with Gasteiger partial charge in [-0.05, 0) is 32.6 Å². The van der Waals surface area contributed by atoms with Gasteiger partial charge in [-0.25, -0.2) is 4.79 Å². The number of nitrogens with zero attached hydrogens (tertiary/aromatic N) is 1. The number of carbonyl (C=O) groups is 1. The second-order valence-electron chi connectivity index (χ2n) is 6.51. The fourth-order valence-electron chi connectivity index (χ4n) is 2.77. The molecule has 0 aromatic heterocycles. The Morgan fingerprint density at radius 2 is 2.06 bits per heavy atom. The van der Waals surface area contributed by atoms with E-state index in [0.29, 0.717) is 13.1 Å². The average molecular weight is 227 g/mol. The molecular formula is C12H21NO3. The maximum Gasteiger partial charge on any atom is 0.410 e. The molecule has 2 rings (SSSR count). The van der Waals surface area contributed by atoms with Gasteiger partial charge in [-0.1, -0.05) is 6.92 Å². The molecule has 0 radical (unpaired) electrons. The smallest absolute Gasteiger partial charge is 0.410 e. The molecule has 0 spiro atoms. The van der Waals surface area contributed by atoms with Crippen molar-refractivity contribution >= 4 is 6.09 Å². The Hall–Kier alpha value is -0.770. The number of fused-ring (bicyclic) bond motifs is 1. The number of hydrogen-bond donors (Lipinski definition) is 1. The van der Waals surface area contributed by atoms with Gasteiger partial charge in [0.2, 0.25) is 0 Å². The molecule has 4 heteroatoms. The van der Waals surface area contributed by atoms with Gasteiger partial charge in [-0.3, -0.25) is 0 Å². The third-order valence-corrected chi connectivity index (χ3v) is 3.87. The van der Waals surface area contributed by atoms with Crippen LogP contribution < -0.4 is 0 Å². The van der Waals surface area contributed by atoms with Crippen LogP contribution in [-0.2, 0) is 4.74 Å². The van der Waals surface area contributed by atoms with E-state index >= 15 is 0 Å². The minimum Gasteiger partial charge on any atom is -0.444 e. The van der Waals surface area contributed by atoms with Gasteiger partial charge >= 0.3 is 6.09 Å². The predicted molar refractivity (Wildman–Crippen MR) is 60.0 cm³/mol. The third-order valence-electron chi connectivity index (χ3n) is 3.87. The van der Waals surface area contributed by atoms with Gasteiger partial charge in [0.1, 0.15) is 5.60 Å². The summed E-state index contributed by atoms with van der Waals surface area (Å²) in [5, 5.41) is 9.39. The lowest BCUT2D eigenvalue weighted by molar-refractivity contribution is 0.0247. The number of ether oxygens (including phenoxy) is 1. The molecular weight excluding hydrogens is 206 g/mol. The first-order valence-electron chi connectivity index (χ1n) is 5.80. The van der Waals surface area contributed by atoms with Crippen molar-refractivity contribution in [2.75, 3.05) is 19.7 Å². The number of carbonyl (C=O) groups excluding carboxylic acids is 1. The Bertz CT molecular complexity index is 323. The Balaban J connectivity index is 1.98. The first-order chi connectivity index (χ1) is 7.21. The highest BCUT2D eigenvalue weighted by molar-refractivity contribution is 5.69. The van der Waals surface area contributed by atoms with Crippen LogP contribution in [0.4, 0.5) is 4.79 Å². The van der Waals surface area contributed by atoms with Crippen LogP contribution in [0.25, 0.3) is 0 Å².